The molecule has 0 saturated heterocycles. The Balaban J connectivity index is 3.11. The molecule has 0 aromatic heterocycles. The van der Waals surface area contributed by atoms with E-state index >= 15 is 0 Å². The molecule has 0 spiro atoms. The molecule has 1 rings (SSSR count). The minimum atomic E-state index is -1.30. The number of nitrogens with zero attached hydrogens (tertiary/aromatic N) is 1. The molecule has 15 heavy (non-hydrogen) atoms. The van der Waals surface area contributed by atoms with Gasteiger partial charge in [0.2, 0.25) is 0 Å². The van der Waals surface area contributed by atoms with Gasteiger partial charge in [-0.1, -0.05) is 0 Å². The van der Waals surface area contributed by atoms with E-state index in [1.165, 1.54) is 18.2 Å². The summed E-state index contributed by atoms with van der Waals surface area (Å²) in [6, 6.07) is 5.94. The Morgan fingerprint density at radius 3 is 2.67 bits per heavy atom. The van der Waals surface area contributed by atoms with Gasteiger partial charge in [0.25, 0.3) is 0 Å². The van der Waals surface area contributed by atoms with Crippen molar-refractivity contribution < 1.29 is 14.6 Å². The van der Waals surface area contributed by atoms with Crippen LogP contribution < -0.4 is 9.84 Å². The second-order valence-corrected chi connectivity index (χ2v) is 3.28. The fourth-order valence-electron chi connectivity index (χ4n) is 1.10. The molecule has 0 radical (unpaired) electrons. The monoisotopic (exact) mass is 204 g/mol. The number of carboxylic acids is 1. The molecular weight excluding hydrogens is 194 g/mol. The van der Waals surface area contributed by atoms with Crippen molar-refractivity contribution >= 4 is 5.97 Å². The molecule has 4 nitrogen and oxygen atoms in total. The van der Waals surface area contributed by atoms with Crippen LogP contribution in [-0.4, -0.2) is 12.1 Å². The second kappa shape index (κ2) is 4.47. The highest BCUT2D eigenvalue weighted by Crippen LogP contribution is 2.20. The molecule has 0 bridgehead atoms. The number of rotatable bonds is 3. The van der Waals surface area contributed by atoms with E-state index in [1.54, 1.807) is 0 Å². The summed E-state index contributed by atoms with van der Waals surface area (Å²) in [5, 5.41) is 19.3. The van der Waals surface area contributed by atoms with Gasteiger partial charge in [-0.25, -0.2) is 0 Å². The summed E-state index contributed by atoms with van der Waals surface area (Å²) < 4.78 is 5.34. The van der Waals surface area contributed by atoms with Gasteiger partial charge in [0.05, 0.1) is 17.6 Å². The predicted octanol–water partition coefficient (Wildman–Crippen LogP) is 0.709. The minimum Gasteiger partial charge on any atom is -0.545 e. The Labute approximate surface area is 87.7 Å². The van der Waals surface area contributed by atoms with Crippen LogP contribution in [0.15, 0.2) is 18.2 Å². The molecule has 0 atom stereocenters. The highest BCUT2D eigenvalue weighted by Gasteiger charge is 2.06. The van der Waals surface area contributed by atoms with Gasteiger partial charge in [-0.2, -0.15) is 5.26 Å². The SMILES string of the molecule is CC(C)Oc1ccc(C(=O)[O-])cc1C#N. The maximum atomic E-state index is 10.5. The van der Waals surface area contributed by atoms with Gasteiger partial charge in [-0.15, -0.1) is 0 Å². The summed E-state index contributed by atoms with van der Waals surface area (Å²) in [6.45, 7) is 3.65. The number of aromatic carboxylic acids is 1. The molecule has 0 amide bonds. The zero-order valence-electron chi connectivity index (χ0n) is 8.48. The third-order valence-corrected chi connectivity index (χ3v) is 1.70. The van der Waals surface area contributed by atoms with Crippen LogP contribution >= 0.6 is 0 Å². The number of hydrogen-bond acceptors (Lipinski definition) is 4. The fraction of sp³-hybridized carbons (Fsp3) is 0.273. The Kier molecular flexibility index (Phi) is 3.29. The fourth-order valence-corrected chi connectivity index (χ4v) is 1.10. The molecule has 0 aliphatic rings. The van der Waals surface area contributed by atoms with E-state index in [1.807, 2.05) is 19.9 Å². The smallest absolute Gasteiger partial charge is 0.137 e. The van der Waals surface area contributed by atoms with Crippen LogP contribution in [0.3, 0.4) is 0 Å². The number of hydrogen-bond donors (Lipinski definition) is 0. The quantitative estimate of drug-likeness (QED) is 0.726. The van der Waals surface area contributed by atoms with Crippen molar-refractivity contribution in [3.63, 3.8) is 0 Å². The normalized spacial score (nSPS) is 9.73. The van der Waals surface area contributed by atoms with Crippen molar-refractivity contribution in [2.45, 2.75) is 20.0 Å². The molecule has 0 unspecified atom stereocenters. The first-order chi connectivity index (χ1) is 7.04. The minimum absolute atomic E-state index is 0.0253. The first-order valence-electron chi connectivity index (χ1n) is 4.46. The lowest BCUT2D eigenvalue weighted by atomic mass is 10.1. The van der Waals surface area contributed by atoms with E-state index in [2.05, 4.69) is 0 Å². The molecular formula is C11H10NO3-. The maximum absolute atomic E-state index is 10.5. The molecule has 4 heteroatoms. The molecule has 0 heterocycles. The van der Waals surface area contributed by atoms with Crippen LogP contribution in [0.2, 0.25) is 0 Å². The van der Waals surface area contributed by atoms with Crippen molar-refractivity contribution in [2.75, 3.05) is 0 Å². The van der Waals surface area contributed by atoms with Gasteiger partial charge in [0, 0.05) is 0 Å². The van der Waals surface area contributed by atoms with E-state index in [9.17, 15) is 9.90 Å². The van der Waals surface area contributed by atoms with Crippen molar-refractivity contribution in [1.29, 1.82) is 5.26 Å². The van der Waals surface area contributed by atoms with E-state index < -0.39 is 5.97 Å². The topological polar surface area (TPSA) is 73.2 Å². The Hall–Kier alpha value is -2.02. The molecule has 78 valence electrons. The molecule has 0 fully saturated rings. The highest BCUT2D eigenvalue weighted by atomic mass is 16.5. The number of carbonyl (C=O) groups is 1. The average Bonchev–Trinajstić information content (AvgIpc) is 2.17. The third kappa shape index (κ3) is 2.71. The first-order valence-corrected chi connectivity index (χ1v) is 4.46. The summed E-state index contributed by atoms with van der Waals surface area (Å²) in [6.07, 6.45) is -0.0640. The maximum Gasteiger partial charge on any atom is 0.137 e. The van der Waals surface area contributed by atoms with Crippen molar-refractivity contribution in [3.05, 3.63) is 29.3 Å². The molecule has 0 N–H and O–H groups in total. The van der Waals surface area contributed by atoms with Crippen molar-refractivity contribution in [1.82, 2.24) is 0 Å². The Morgan fingerprint density at radius 2 is 2.20 bits per heavy atom. The largest absolute Gasteiger partial charge is 0.545 e. The van der Waals surface area contributed by atoms with Crippen molar-refractivity contribution in [3.8, 4) is 11.8 Å². The summed E-state index contributed by atoms with van der Waals surface area (Å²) in [5.74, 6) is -0.917. The number of carboxylic acid groups (broad SMARTS) is 1. The van der Waals surface area contributed by atoms with Gasteiger partial charge in [0.15, 0.2) is 0 Å². The number of carbonyl (C=O) groups excluding carboxylic acids is 1. The van der Waals surface area contributed by atoms with Crippen molar-refractivity contribution in [2.24, 2.45) is 0 Å². The van der Waals surface area contributed by atoms with Crippen LogP contribution in [-0.2, 0) is 0 Å². The van der Waals surface area contributed by atoms with E-state index in [0.29, 0.717) is 5.75 Å². The van der Waals surface area contributed by atoms with E-state index in [0.717, 1.165) is 0 Å². The van der Waals surface area contributed by atoms with Crippen LogP contribution in [0.25, 0.3) is 0 Å². The number of nitriles is 1. The molecule has 1 aromatic rings. The standard InChI is InChI=1S/C11H11NO3/c1-7(2)15-10-4-3-8(11(13)14)5-9(10)6-12/h3-5,7H,1-2H3,(H,13,14)/p-1. The van der Waals surface area contributed by atoms with Gasteiger partial charge >= 0.3 is 0 Å². The lowest BCUT2D eigenvalue weighted by molar-refractivity contribution is -0.255. The van der Waals surface area contributed by atoms with Gasteiger partial charge in [0.1, 0.15) is 11.8 Å². The van der Waals surface area contributed by atoms with Gasteiger partial charge in [-0.3, -0.25) is 0 Å². The second-order valence-electron chi connectivity index (χ2n) is 3.28. The highest BCUT2D eigenvalue weighted by molar-refractivity contribution is 5.86. The molecule has 0 saturated carbocycles. The lowest BCUT2D eigenvalue weighted by Gasteiger charge is -2.12. The van der Waals surface area contributed by atoms with Gasteiger partial charge in [-0.05, 0) is 37.6 Å². The number of ether oxygens (including phenoxy) is 1. The van der Waals surface area contributed by atoms with E-state index in [-0.39, 0.29) is 17.2 Å². The van der Waals surface area contributed by atoms with Gasteiger partial charge < -0.3 is 14.6 Å². The summed E-state index contributed by atoms with van der Waals surface area (Å²) in [4.78, 5) is 10.5. The Bertz CT molecular complexity index is 418. The first kappa shape index (κ1) is 11.1. The summed E-state index contributed by atoms with van der Waals surface area (Å²) in [5.41, 5.74) is 0.174. The summed E-state index contributed by atoms with van der Waals surface area (Å²) >= 11 is 0. The molecule has 0 aliphatic heterocycles. The van der Waals surface area contributed by atoms with Crippen LogP contribution in [0.5, 0.6) is 5.75 Å². The average molecular weight is 204 g/mol. The zero-order chi connectivity index (χ0) is 11.4. The lowest BCUT2D eigenvalue weighted by Crippen LogP contribution is -2.22. The van der Waals surface area contributed by atoms with E-state index in [4.69, 9.17) is 10.00 Å². The summed E-state index contributed by atoms with van der Waals surface area (Å²) in [7, 11) is 0. The predicted molar refractivity (Wildman–Crippen MR) is 51.3 cm³/mol. The zero-order valence-corrected chi connectivity index (χ0v) is 8.48. The van der Waals surface area contributed by atoms with Crippen LogP contribution in [0.1, 0.15) is 29.8 Å². The third-order valence-electron chi connectivity index (χ3n) is 1.70. The molecule has 1 aromatic carbocycles. The number of benzene rings is 1. The van der Waals surface area contributed by atoms with Crippen LogP contribution in [0, 0.1) is 11.3 Å². The Morgan fingerprint density at radius 1 is 1.53 bits per heavy atom. The molecule has 0 aliphatic carbocycles. The van der Waals surface area contributed by atoms with Crippen LogP contribution in [0.4, 0.5) is 0 Å².